The van der Waals surface area contributed by atoms with Gasteiger partial charge < -0.3 is 14.6 Å². The van der Waals surface area contributed by atoms with Crippen molar-refractivity contribution in [3.05, 3.63) is 11.7 Å². The van der Waals surface area contributed by atoms with E-state index < -0.39 is 0 Å². The van der Waals surface area contributed by atoms with Crippen molar-refractivity contribution in [2.45, 2.75) is 31.7 Å². The average molecular weight is 211 g/mol. The zero-order chi connectivity index (χ0) is 10.5. The van der Waals surface area contributed by atoms with Crippen molar-refractivity contribution in [3.63, 3.8) is 0 Å². The van der Waals surface area contributed by atoms with Crippen molar-refractivity contribution in [2.24, 2.45) is 0 Å². The van der Waals surface area contributed by atoms with Crippen LogP contribution in [0.25, 0.3) is 0 Å². The Labute approximate surface area is 89.2 Å². The number of rotatable bonds is 5. The summed E-state index contributed by atoms with van der Waals surface area (Å²) in [6.45, 7) is 1.79. The molecule has 0 spiro atoms. The van der Waals surface area contributed by atoms with Gasteiger partial charge in [0.05, 0.1) is 6.04 Å². The minimum atomic E-state index is 0.272. The molecule has 5 nitrogen and oxygen atoms in total. The standard InChI is InChI=1S/C10H17N3O2/c1-14-7-3-5-9-12-10(15-13-9)8-4-2-6-11-8/h8,11H,2-7H2,1H3/t8-/m0/s1. The highest BCUT2D eigenvalue weighted by atomic mass is 16.5. The summed E-state index contributed by atoms with van der Waals surface area (Å²) in [6.07, 6.45) is 4.05. The largest absolute Gasteiger partial charge is 0.385 e. The molecule has 1 atom stereocenters. The first-order valence-electron chi connectivity index (χ1n) is 5.45. The van der Waals surface area contributed by atoms with E-state index in [0.29, 0.717) is 0 Å². The molecule has 0 amide bonds. The van der Waals surface area contributed by atoms with Crippen LogP contribution in [0.1, 0.15) is 37.0 Å². The molecule has 1 aliphatic rings. The van der Waals surface area contributed by atoms with Gasteiger partial charge in [-0.1, -0.05) is 5.16 Å². The van der Waals surface area contributed by atoms with E-state index >= 15 is 0 Å². The first kappa shape index (κ1) is 10.6. The smallest absolute Gasteiger partial charge is 0.243 e. The third-order valence-corrected chi connectivity index (χ3v) is 2.59. The number of nitrogens with one attached hydrogen (secondary N) is 1. The van der Waals surface area contributed by atoms with Crippen molar-refractivity contribution in [1.82, 2.24) is 15.5 Å². The molecule has 2 heterocycles. The molecule has 0 saturated carbocycles. The Morgan fingerprint density at radius 2 is 2.53 bits per heavy atom. The highest BCUT2D eigenvalue weighted by Gasteiger charge is 2.21. The normalized spacial score (nSPS) is 21.0. The van der Waals surface area contributed by atoms with E-state index in [0.717, 1.165) is 44.1 Å². The van der Waals surface area contributed by atoms with Crippen molar-refractivity contribution < 1.29 is 9.26 Å². The second-order valence-electron chi connectivity index (χ2n) is 3.79. The highest BCUT2D eigenvalue weighted by molar-refractivity contribution is 4.95. The monoisotopic (exact) mass is 211 g/mol. The fraction of sp³-hybridized carbons (Fsp3) is 0.800. The predicted molar refractivity (Wildman–Crippen MR) is 54.5 cm³/mol. The van der Waals surface area contributed by atoms with Gasteiger partial charge in [-0.3, -0.25) is 0 Å². The van der Waals surface area contributed by atoms with E-state index in [9.17, 15) is 0 Å². The number of nitrogens with zero attached hydrogens (tertiary/aromatic N) is 2. The van der Waals surface area contributed by atoms with Gasteiger partial charge in [-0.2, -0.15) is 4.98 Å². The molecule has 0 unspecified atom stereocenters. The Hall–Kier alpha value is -0.940. The van der Waals surface area contributed by atoms with Gasteiger partial charge >= 0.3 is 0 Å². The minimum absolute atomic E-state index is 0.272. The van der Waals surface area contributed by atoms with Crippen LogP contribution in [-0.4, -0.2) is 30.4 Å². The summed E-state index contributed by atoms with van der Waals surface area (Å²) in [5.74, 6) is 1.52. The van der Waals surface area contributed by atoms with E-state index in [1.165, 1.54) is 6.42 Å². The SMILES string of the molecule is COCCCc1noc([C@@H]2CCCN2)n1. The molecule has 0 bridgehead atoms. The van der Waals surface area contributed by atoms with Gasteiger partial charge in [0.15, 0.2) is 5.82 Å². The molecule has 1 N–H and O–H groups in total. The lowest BCUT2D eigenvalue weighted by Crippen LogP contribution is -2.13. The van der Waals surface area contributed by atoms with Crippen LogP contribution >= 0.6 is 0 Å². The number of hydrogen-bond donors (Lipinski definition) is 1. The van der Waals surface area contributed by atoms with Gasteiger partial charge in [-0.05, 0) is 25.8 Å². The van der Waals surface area contributed by atoms with E-state index in [4.69, 9.17) is 9.26 Å². The molecule has 84 valence electrons. The quantitative estimate of drug-likeness (QED) is 0.738. The van der Waals surface area contributed by atoms with Crippen LogP contribution in [0.5, 0.6) is 0 Å². The molecule has 2 rings (SSSR count). The predicted octanol–water partition coefficient (Wildman–Crippen LogP) is 1.07. The Balaban J connectivity index is 1.86. The summed E-state index contributed by atoms with van der Waals surface area (Å²) >= 11 is 0. The van der Waals surface area contributed by atoms with Crippen LogP contribution < -0.4 is 5.32 Å². The number of methoxy groups -OCH3 is 1. The summed E-state index contributed by atoms with van der Waals surface area (Å²) in [4.78, 5) is 4.37. The molecule has 5 heteroatoms. The second kappa shape index (κ2) is 5.23. The molecule has 1 aliphatic heterocycles. The summed E-state index contributed by atoms with van der Waals surface area (Å²) in [6, 6.07) is 0.272. The highest BCUT2D eigenvalue weighted by Crippen LogP contribution is 2.21. The van der Waals surface area contributed by atoms with Crippen LogP contribution in [0.2, 0.25) is 0 Å². The van der Waals surface area contributed by atoms with Crippen LogP contribution in [0.4, 0.5) is 0 Å². The van der Waals surface area contributed by atoms with Gasteiger partial charge in [0.1, 0.15) is 0 Å². The number of aromatic nitrogens is 2. The number of ether oxygens (including phenoxy) is 1. The maximum absolute atomic E-state index is 5.21. The Morgan fingerprint density at radius 1 is 1.60 bits per heavy atom. The molecule has 1 fully saturated rings. The fourth-order valence-electron chi connectivity index (χ4n) is 1.78. The molecule has 1 aromatic heterocycles. The zero-order valence-electron chi connectivity index (χ0n) is 9.03. The van der Waals surface area contributed by atoms with E-state index in [1.54, 1.807) is 7.11 Å². The van der Waals surface area contributed by atoms with Crippen molar-refractivity contribution in [3.8, 4) is 0 Å². The number of hydrogen-bond acceptors (Lipinski definition) is 5. The maximum atomic E-state index is 5.21. The minimum Gasteiger partial charge on any atom is -0.385 e. The summed E-state index contributed by atoms with van der Waals surface area (Å²) in [7, 11) is 1.70. The lowest BCUT2D eigenvalue weighted by molar-refractivity contribution is 0.194. The van der Waals surface area contributed by atoms with Crippen molar-refractivity contribution in [1.29, 1.82) is 0 Å². The zero-order valence-corrected chi connectivity index (χ0v) is 9.03. The molecule has 15 heavy (non-hydrogen) atoms. The summed E-state index contributed by atoms with van der Waals surface area (Å²) in [5.41, 5.74) is 0. The summed E-state index contributed by atoms with van der Waals surface area (Å²) < 4.78 is 10.2. The van der Waals surface area contributed by atoms with Gasteiger partial charge in [0.25, 0.3) is 0 Å². The van der Waals surface area contributed by atoms with E-state index in [-0.39, 0.29) is 6.04 Å². The Bertz CT molecular complexity index is 295. The van der Waals surface area contributed by atoms with Gasteiger partial charge in [0.2, 0.25) is 5.89 Å². The molecule has 0 aromatic carbocycles. The lowest BCUT2D eigenvalue weighted by Gasteiger charge is -2.01. The maximum Gasteiger partial charge on any atom is 0.243 e. The molecular weight excluding hydrogens is 194 g/mol. The van der Waals surface area contributed by atoms with E-state index in [1.807, 2.05) is 0 Å². The third-order valence-electron chi connectivity index (χ3n) is 2.59. The first-order valence-corrected chi connectivity index (χ1v) is 5.45. The molecule has 0 radical (unpaired) electrons. The Kier molecular flexibility index (Phi) is 3.69. The molecule has 1 aromatic rings. The van der Waals surface area contributed by atoms with Crippen molar-refractivity contribution >= 4 is 0 Å². The van der Waals surface area contributed by atoms with Gasteiger partial charge in [-0.15, -0.1) is 0 Å². The molecule has 0 aliphatic carbocycles. The Morgan fingerprint density at radius 3 is 3.27 bits per heavy atom. The van der Waals surface area contributed by atoms with Gasteiger partial charge in [-0.25, -0.2) is 0 Å². The first-order chi connectivity index (χ1) is 7.40. The van der Waals surface area contributed by atoms with Gasteiger partial charge in [0, 0.05) is 20.1 Å². The topological polar surface area (TPSA) is 60.2 Å². The van der Waals surface area contributed by atoms with Crippen LogP contribution in [-0.2, 0) is 11.2 Å². The number of aryl methyl sites for hydroxylation is 1. The second-order valence-corrected chi connectivity index (χ2v) is 3.79. The average Bonchev–Trinajstić information content (AvgIpc) is 2.87. The van der Waals surface area contributed by atoms with Crippen LogP contribution in [0.15, 0.2) is 4.52 Å². The van der Waals surface area contributed by atoms with Crippen LogP contribution in [0.3, 0.4) is 0 Å². The van der Waals surface area contributed by atoms with E-state index in [2.05, 4.69) is 15.5 Å². The van der Waals surface area contributed by atoms with Crippen LogP contribution in [0, 0.1) is 0 Å². The lowest BCUT2D eigenvalue weighted by atomic mass is 10.2. The summed E-state index contributed by atoms with van der Waals surface area (Å²) in [5, 5.41) is 7.28. The molecule has 1 saturated heterocycles. The molecular formula is C10H17N3O2. The fourth-order valence-corrected chi connectivity index (χ4v) is 1.78. The third kappa shape index (κ3) is 2.76. The van der Waals surface area contributed by atoms with Crippen molar-refractivity contribution in [2.75, 3.05) is 20.3 Å².